The lowest BCUT2D eigenvalue weighted by Crippen LogP contribution is -1.93. The Morgan fingerprint density at radius 1 is 1.15 bits per heavy atom. The maximum atomic E-state index is 11.0. The average molecular weight is 239 g/mol. The minimum Gasteiger partial charge on any atom is -0.207 e. The normalized spacial score (nSPS) is 11.7. The van der Waals surface area contributed by atoms with Crippen molar-refractivity contribution in [1.82, 2.24) is 0 Å². The Bertz CT molecular complexity index is 414. The molecular formula is C8H8Cl2O2S. The van der Waals surface area contributed by atoms with Gasteiger partial charge in [0.15, 0.2) is 0 Å². The van der Waals surface area contributed by atoms with Crippen LogP contribution in [0, 0.1) is 13.8 Å². The summed E-state index contributed by atoms with van der Waals surface area (Å²) in [6.45, 7) is 3.47. The van der Waals surface area contributed by atoms with Crippen LogP contribution >= 0.6 is 22.3 Å². The lowest BCUT2D eigenvalue weighted by Gasteiger charge is -2.04. The fraction of sp³-hybridized carbons (Fsp3) is 0.250. The number of rotatable bonds is 1. The molecule has 72 valence electrons. The van der Waals surface area contributed by atoms with E-state index >= 15 is 0 Å². The smallest absolute Gasteiger partial charge is 0.207 e. The summed E-state index contributed by atoms with van der Waals surface area (Å²) in [6, 6.07) is 2.91. The molecule has 0 aliphatic rings. The quantitative estimate of drug-likeness (QED) is 0.706. The zero-order chi connectivity index (χ0) is 10.2. The first-order valence-corrected chi connectivity index (χ1v) is 6.22. The lowest BCUT2D eigenvalue weighted by molar-refractivity contribution is 0.609. The standard InChI is InChI=1S/C8H8Cl2O2S/c1-5-3-7(13(10,11)12)4-6(2)8(5)9/h3-4H,1-2H3. The first-order chi connectivity index (χ1) is 5.82. The molecule has 1 rings (SSSR count). The van der Waals surface area contributed by atoms with Gasteiger partial charge in [-0.3, -0.25) is 0 Å². The third-order valence-corrected chi connectivity index (χ3v) is 3.62. The molecule has 13 heavy (non-hydrogen) atoms. The van der Waals surface area contributed by atoms with E-state index in [1.807, 2.05) is 0 Å². The highest BCUT2D eigenvalue weighted by molar-refractivity contribution is 8.13. The lowest BCUT2D eigenvalue weighted by atomic mass is 10.2. The predicted molar refractivity (Wildman–Crippen MR) is 54.0 cm³/mol. The van der Waals surface area contributed by atoms with Gasteiger partial charge in [-0.15, -0.1) is 0 Å². The van der Waals surface area contributed by atoms with Crippen molar-refractivity contribution in [2.24, 2.45) is 0 Å². The van der Waals surface area contributed by atoms with Crippen LogP contribution in [0.1, 0.15) is 11.1 Å². The Morgan fingerprint density at radius 3 is 1.85 bits per heavy atom. The van der Waals surface area contributed by atoms with E-state index in [1.54, 1.807) is 13.8 Å². The second kappa shape index (κ2) is 3.48. The van der Waals surface area contributed by atoms with Gasteiger partial charge in [0.05, 0.1) is 4.90 Å². The molecule has 0 spiro atoms. The Balaban J connectivity index is 3.47. The zero-order valence-electron chi connectivity index (χ0n) is 7.14. The molecule has 0 aromatic heterocycles. The number of aryl methyl sites for hydroxylation is 2. The topological polar surface area (TPSA) is 34.1 Å². The van der Waals surface area contributed by atoms with Gasteiger partial charge in [-0.1, -0.05) is 11.6 Å². The molecule has 0 bridgehead atoms. The van der Waals surface area contributed by atoms with E-state index in [1.165, 1.54) is 12.1 Å². The SMILES string of the molecule is Cc1cc(S(=O)(=O)Cl)cc(C)c1Cl. The fourth-order valence-electron chi connectivity index (χ4n) is 1.05. The van der Waals surface area contributed by atoms with Crippen molar-refractivity contribution in [3.63, 3.8) is 0 Å². The summed E-state index contributed by atoms with van der Waals surface area (Å²) < 4.78 is 21.9. The van der Waals surface area contributed by atoms with Gasteiger partial charge < -0.3 is 0 Å². The van der Waals surface area contributed by atoms with Gasteiger partial charge in [-0.2, -0.15) is 0 Å². The zero-order valence-corrected chi connectivity index (χ0v) is 9.46. The van der Waals surface area contributed by atoms with Crippen molar-refractivity contribution in [2.45, 2.75) is 18.7 Å². The summed E-state index contributed by atoms with van der Waals surface area (Å²) in [6.07, 6.45) is 0. The molecule has 1 aromatic rings. The molecule has 0 aliphatic carbocycles. The van der Waals surface area contributed by atoms with Crippen LogP contribution in [-0.4, -0.2) is 8.42 Å². The maximum absolute atomic E-state index is 11.0. The van der Waals surface area contributed by atoms with Gasteiger partial charge in [-0.05, 0) is 37.1 Å². The Hall–Kier alpha value is -0.250. The van der Waals surface area contributed by atoms with Crippen molar-refractivity contribution < 1.29 is 8.42 Å². The van der Waals surface area contributed by atoms with E-state index < -0.39 is 9.05 Å². The monoisotopic (exact) mass is 238 g/mol. The summed E-state index contributed by atoms with van der Waals surface area (Å²) >= 11 is 5.86. The van der Waals surface area contributed by atoms with E-state index in [0.717, 1.165) is 0 Å². The van der Waals surface area contributed by atoms with Gasteiger partial charge in [0.25, 0.3) is 9.05 Å². The highest BCUT2D eigenvalue weighted by atomic mass is 35.7. The van der Waals surface area contributed by atoms with Gasteiger partial charge in [0.2, 0.25) is 0 Å². The van der Waals surface area contributed by atoms with Crippen LogP contribution in [0.15, 0.2) is 17.0 Å². The number of hydrogen-bond donors (Lipinski definition) is 0. The minimum absolute atomic E-state index is 0.0913. The second-order valence-corrected chi connectivity index (χ2v) is 5.75. The van der Waals surface area contributed by atoms with Crippen LogP contribution in [0.5, 0.6) is 0 Å². The highest BCUT2D eigenvalue weighted by Gasteiger charge is 2.12. The number of benzene rings is 1. The van der Waals surface area contributed by atoms with Gasteiger partial charge in [-0.25, -0.2) is 8.42 Å². The summed E-state index contributed by atoms with van der Waals surface area (Å²) in [5, 5.41) is 0.573. The van der Waals surface area contributed by atoms with Gasteiger partial charge in [0, 0.05) is 15.7 Å². The molecule has 0 saturated carbocycles. The third-order valence-electron chi connectivity index (χ3n) is 1.69. The molecule has 0 N–H and O–H groups in total. The number of halogens is 2. The Kier molecular flexibility index (Phi) is 2.90. The first kappa shape index (κ1) is 10.8. The predicted octanol–water partition coefficient (Wildman–Crippen LogP) is 2.88. The van der Waals surface area contributed by atoms with Crippen LogP contribution in [0.3, 0.4) is 0 Å². The van der Waals surface area contributed by atoms with E-state index in [4.69, 9.17) is 22.3 Å². The minimum atomic E-state index is -3.65. The van der Waals surface area contributed by atoms with Crippen molar-refractivity contribution in [3.05, 3.63) is 28.3 Å². The Morgan fingerprint density at radius 2 is 1.54 bits per heavy atom. The fourth-order valence-corrected chi connectivity index (χ4v) is 2.06. The molecule has 0 fully saturated rings. The first-order valence-electron chi connectivity index (χ1n) is 3.54. The van der Waals surface area contributed by atoms with Crippen molar-refractivity contribution in [2.75, 3.05) is 0 Å². The maximum Gasteiger partial charge on any atom is 0.261 e. The van der Waals surface area contributed by atoms with Crippen molar-refractivity contribution in [3.8, 4) is 0 Å². The van der Waals surface area contributed by atoms with Gasteiger partial charge in [0.1, 0.15) is 0 Å². The van der Waals surface area contributed by atoms with E-state index in [-0.39, 0.29) is 4.90 Å². The van der Waals surface area contributed by atoms with Crippen LogP contribution in [0.4, 0.5) is 0 Å². The Labute approximate surface area is 86.9 Å². The molecule has 0 saturated heterocycles. The van der Waals surface area contributed by atoms with Crippen molar-refractivity contribution >= 4 is 31.3 Å². The molecule has 0 unspecified atom stereocenters. The molecule has 1 aromatic carbocycles. The average Bonchev–Trinajstić information content (AvgIpc) is 1.97. The van der Waals surface area contributed by atoms with Crippen LogP contribution < -0.4 is 0 Å². The van der Waals surface area contributed by atoms with Crippen molar-refractivity contribution in [1.29, 1.82) is 0 Å². The molecule has 0 atom stereocenters. The van der Waals surface area contributed by atoms with Crippen LogP contribution in [0.25, 0.3) is 0 Å². The molecule has 0 radical (unpaired) electrons. The molecule has 0 heterocycles. The summed E-state index contributed by atoms with van der Waals surface area (Å²) in [5.41, 5.74) is 1.42. The molecule has 5 heteroatoms. The molecular weight excluding hydrogens is 231 g/mol. The van der Waals surface area contributed by atoms with E-state index in [0.29, 0.717) is 16.1 Å². The highest BCUT2D eigenvalue weighted by Crippen LogP contribution is 2.25. The van der Waals surface area contributed by atoms with Crippen LogP contribution in [0.2, 0.25) is 5.02 Å². The van der Waals surface area contributed by atoms with E-state index in [9.17, 15) is 8.42 Å². The molecule has 2 nitrogen and oxygen atoms in total. The number of hydrogen-bond acceptors (Lipinski definition) is 2. The summed E-state index contributed by atoms with van der Waals surface area (Å²) in [5.74, 6) is 0. The third kappa shape index (κ3) is 2.36. The largest absolute Gasteiger partial charge is 0.261 e. The summed E-state index contributed by atoms with van der Waals surface area (Å²) in [7, 11) is 1.53. The summed E-state index contributed by atoms with van der Waals surface area (Å²) in [4.78, 5) is 0.0913. The molecule has 0 aliphatic heterocycles. The van der Waals surface area contributed by atoms with Gasteiger partial charge >= 0.3 is 0 Å². The second-order valence-electron chi connectivity index (χ2n) is 2.81. The van der Waals surface area contributed by atoms with Crippen LogP contribution in [-0.2, 0) is 9.05 Å². The van der Waals surface area contributed by atoms with E-state index in [2.05, 4.69) is 0 Å². The molecule has 0 amide bonds.